The highest BCUT2D eigenvalue weighted by Gasteiger charge is 2.24. The van der Waals surface area contributed by atoms with Crippen LogP contribution in [0.2, 0.25) is 0 Å². The van der Waals surface area contributed by atoms with Gasteiger partial charge in [-0.15, -0.1) is 0 Å². The first-order chi connectivity index (χ1) is 26.2. The maximum Gasteiger partial charge on any atom is 0.354 e. The Morgan fingerprint density at radius 3 is 2.44 bits per heavy atom. The molecule has 0 aliphatic carbocycles. The van der Waals surface area contributed by atoms with Crippen molar-refractivity contribution >= 4 is 28.6 Å². The second-order valence-electron chi connectivity index (χ2n) is 13.6. The zero-order valence-corrected chi connectivity index (χ0v) is 30.9. The Labute approximate surface area is 314 Å². The van der Waals surface area contributed by atoms with Crippen molar-refractivity contribution in [2.75, 3.05) is 70.3 Å². The number of hydrogen-bond donors (Lipinski definition) is 5. The Bertz CT molecular complexity index is 2080. The minimum atomic E-state index is -0.375. The lowest BCUT2D eigenvalue weighted by Gasteiger charge is -2.36. The average Bonchev–Trinajstić information content (AvgIpc) is 3.58. The predicted molar refractivity (Wildman–Crippen MR) is 214 cm³/mol. The summed E-state index contributed by atoms with van der Waals surface area (Å²) in [4.78, 5) is 45.1. The molecule has 13 nitrogen and oxygen atoms in total. The van der Waals surface area contributed by atoms with Crippen LogP contribution in [0.4, 0.5) is 10.1 Å². The van der Waals surface area contributed by atoms with Crippen molar-refractivity contribution in [3.8, 4) is 5.69 Å². The number of halogens is 1. The number of nitrogens with one attached hydrogen (secondary N) is 3. The Balaban J connectivity index is 1.16. The fourth-order valence-electron chi connectivity index (χ4n) is 6.73. The highest BCUT2D eigenvalue weighted by atomic mass is 19.1. The molecule has 4 aromatic rings. The van der Waals surface area contributed by atoms with Crippen LogP contribution >= 0.6 is 0 Å². The summed E-state index contributed by atoms with van der Waals surface area (Å²) in [5, 5.41) is 7.59. The number of benzene rings is 2. The normalized spacial score (nSPS) is 15.3. The summed E-state index contributed by atoms with van der Waals surface area (Å²) >= 11 is 0. The summed E-state index contributed by atoms with van der Waals surface area (Å²) in [5.41, 5.74) is 17.0. The number of H-pyrrole nitrogens is 1. The van der Waals surface area contributed by atoms with E-state index in [1.165, 1.54) is 12.2 Å². The van der Waals surface area contributed by atoms with Crippen molar-refractivity contribution in [1.29, 1.82) is 0 Å². The topological polar surface area (TPSA) is 166 Å². The third kappa shape index (κ3) is 9.82. The Morgan fingerprint density at radius 2 is 1.72 bits per heavy atom. The number of fused-ring (bicyclic) bond motifs is 1. The number of aromatic amines is 1. The number of aromatic nitrogens is 3. The van der Waals surface area contributed by atoms with Crippen LogP contribution in [0, 0.1) is 0 Å². The second kappa shape index (κ2) is 17.9. The van der Waals surface area contributed by atoms with Gasteiger partial charge in [-0.1, -0.05) is 24.8 Å². The number of hydrogen-bond acceptors (Lipinski definition) is 8. The number of guanidine groups is 1. The van der Waals surface area contributed by atoms with Crippen LogP contribution in [0.3, 0.4) is 0 Å². The van der Waals surface area contributed by atoms with E-state index in [0.717, 1.165) is 78.4 Å². The highest BCUT2D eigenvalue weighted by molar-refractivity contribution is 5.95. The summed E-state index contributed by atoms with van der Waals surface area (Å²) in [5.74, 6) is -0.232. The molecule has 4 heterocycles. The second-order valence-corrected chi connectivity index (χ2v) is 13.6. The standard InChI is InChI=1S/C40H50FN11O2/c1-3-33(41)8-5-28(2)49-17-19-51(20-18-49)38(53)31-21-30(23-36(25-31)50-15-13-44-14-16-50)22-34-24-32-27-52(40(54)48-37(32)47-34)35-9-6-29(7-10-35)26-45-11-4-12-46-39(42)43/h3,5-10,21,23-25,27,44-45H,2,4,11-20,22,26H2,1H3,(H4,42,43,46)(H,47,48,54)/b8-5-,33-3+. The number of anilines is 1. The summed E-state index contributed by atoms with van der Waals surface area (Å²) < 4.78 is 15.2. The van der Waals surface area contributed by atoms with Crippen LogP contribution < -0.4 is 32.7 Å². The fraction of sp³-hybridized carbons (Fsp3) is 0.350. The summed E-state index contributed by atoms with van der Waals surface area (Å²) in [7, 11) is 0. The van der Waals surface area contributed by atoms with E-state index in [1.54, 1.807) is 17.6 Å². The van der Waals surface area contributed by atoms with Gasteiger partial charge in [-0.3, -0.25) is 14.4 Å². The quantitative estimate of drug-likeness (QED) is 0.0566. The van der Waals surface area contributed by atoms with Gasteiger partial charge in [0, 0.05) is 106 Å². The van der Waals surface area contributed by atoms with E-state index >= 15 is 0 Å². The van der Waals surface area contributed by atoms with Crippen LogP contribution in [0.15, 0.2) is 101 Å². The SMILES string of the molecule is C=C(/C=C\C(F)=C/C)N1CCN(C(=O)c2cc(Cc3cc4cn(-c5ccc(CNCCCN=C(N)N)cc5)c(=O)nc4[nH]3)cc(N3CCNCC3)c2)CC1. The lowest BCUT2D eigenvalue weighted by Crippen LogP contribution is -2.48. The van der Waals surface area contributed by atoms with Gasteiger partial charge in [0.25, 0.3) is 5.91 Å². The molecule has 0 radical (unpaired) electrons. The Morgan fingerprint density at radius 1 is 0.981 bits per heavy atom. The molecule has 0 atom stereocenters. The molecule has 2 aliphatic heterocycles. The lowest BCUT2D eigenvalue weighted by atomic mass is 10.0. The van der Waals surface area contributed by atoms with Crippen LogP contribution in [-0.4, -0.2) is 102 Å². The number of rotatable bonds is 14. The van der Waals surface area contributed by atoms with Gasteiger partial charge < -0.3 is 41.8 Å². The van der Waals surface area contributed by atoms with Crippen molar-refractivity contribution in [3.05, 3.63) is 124 Å². The van der Waals surface area contributed by atoms with Gasteiger partial charge in [0.05, 0.1) is 5.69 Å². The lowest BCUT2D eigenvalue weighted by molar-refractivity contribution is 0.0673. The van der Waals surface area contributed by atoms with Crippen molar-refractivity contribution in [2.24, 2.45) is 16.5 Å². The molecule has 2 aromatic carbocycles. The van der Waals surface area contributed by atoms with Gasteiger partial charge in [-0.25, -0.2) is 9.18 Å². The van der Waals surface area contributed by atoms with Gasteiger partial charge >= 0.3 is 5.69 Å². The molecule has 2 aliphatic rings. The molecular formula is C40H50FN11O2. The Kier molecular flexibility index (Phi) is 12.6. The summed E-state index contributed by atoms with van der Waals surface area (Å²) in [6.45, 7) is 13.5. The summed E-state index contributed by atoms with van der Waals surface area (Å²) in [6, 6.07) is 16.0. The number of amides is 1. The maximum atomic E-state index is 14.0. The Hall–Kier alpha value is -5.73. The molecule has 14 heteroatoms. The minimum Gasteiger partial charge on any atom is -0.370 e. The van der Waals surface area contributed by atoms with Gasteiger partial charge in [-0.05, 0) is 79.6 Å². The average molecular weight is 736 g/mol. The molecule has 0 bridgehead atoms. The first-order valence-electron chi connectivity index (χ1n) is 18.5. The molecular weight excluding hydrogens is 686 g/mol. The number of aliphatic imine (C=N–C) groups is 1. The molecule has 0 spiro atoms. The van der Waals surface area contributed by atoms with E-state index in [-0.39, 0.29) is 23.4 Å². The molecule has 0 saturated carbocycles. The van der Waals surface area contributed by atoms with E-state index in [1.807, 2.05) is 53.6 Å². The van der Waals surface area contributed by atoms with Gasteiger partial charge in [0.15, 0.2) is 5.96 Å². The molecule has 2 fully saturated rings. The highest BCUT2D eigenvalue weighted by Crippen LogP contribution is 2.25. The van der Waals surface area contributed by atoms with Crippen molar-refractivity contribution < 1.29 is 9.18 Å². The molecule has 7 N–H and O–H groups in total. The molecule has 6 rings (SSSR count). The zero-order valence-electron chi connectivity index (χ0n) is 30.9. The monoisotopic (exact) mass is 735 g/mol. The van der Waals surface area contributed by atoms with Crippen LogP contribution in [0.1, 0.15) is 40.5 Å². The van der Waals surface area contributed by atoms with Crippen molar-refractivity contribution in [1.82, 2.24) is 35.0 Å². The van der Waals surface area contributed by atoms with Crippen LogP contribution in [0.25, 0.3) is 16.7 Å². The zero-order chi connectivity index (χ0) is 38.0. The van der Waals surface area contributed by atoms with Crippen LogP contribution in [0.5, 0.6) is 0 Å². The number of allylic oxidation sites excluding steroid dienone is 4. The van der Waals surface area contributed by atoms with E-state index in [9.17, 15) is 14.0 Å². The molecule has 0 unspecified atom stereocenters. The smallest absolute Gasteiger partial charge is 0.354 e. The van der Waals surface area contributed by atoms with Gasteiger partial charge in [0.2, 0.25) is 0 Å². The molecule has 2 saturated heterocycles. The first-order valence-corrected chi connectivity index (χ1v) is 18.5. The van der Waals surface area contributed by atoms with Crippen molar-refractivity contribution in [2.45, 2.75) is 26.3 Å². The maximum absolute atomic E-state index is 14.0. The molecule has 1 amide bonds. The number of nitrogens with zero attached hydrogens (tertiary/aromatic N) is 6. The summed E-state index contributed by atoms with van der Waals surface area (Å²) in [6.07, 6.45) is 7.65. The van der Waals surface area contributed by atoms with Gasteiger partial charge in [0.1, 0.15) is 11.5 Å². The van der Waals surface area contributed by atoms with Gasteiger partial charge in [-0.2, -0.15) is 4.98 Å². The van der Waals surface area contributed by atoms with Crippen molar-refractivity contribution in [3.63, 3.8) is 0 Å². The molecule has 2 aromatic heterocycles. The number of piperazine rings is 2. The molecule has 284 valence electrons. The van der Waals surface area contributed by atoms with E-state index in [2.05, 4.69) is 48.0 Å². The number of carbonyl (C=O) groups is 1. The fourth-order valence-corrected chi connectivity index (χ4v) is 6.73. The number of nitrogens with two attached hydrogens (primary N) is 2. The number of carbonyl (C=O) groups excluding carboxylic acids is 1. The first kappa shape index (κ1) is 38.0. The third-order valence-electron chi connectivity index (χ3n) is 9.70. The van der Waals surface area contributed by atoms with E-state index in [0.29, 0.717) is 56.9 Å². The third-order valence-corrected chi connectivity index (χ3v) is 9.70. The largest absolute Gasteiger partial charge is 0.370 e. The minimum absolute atomic E-state index is 0.0194. The van der Waals surface area contributed by atoms with Crippen LogP contribution in [-0.2, 0) is 13.0 Å². The van der Waals surface area contributed by atoms with E-state index < -0.39 is 0 Å². The molecule has 54 heavy (non-hydrogen) atoms. The van der Waals surface area contributed by atoms with E-state index in [4.69, 9.17) is 11.5 Å². The predicted octanol–water partition coefficient (Wildman–Crippen LogP) is 3.17.